The SMILES string of the molecule is CC(C)(Br)C(=O)NCc1ccc([N+](=O)[O-])cc1. The number of nitro groups is 1. The number of non-ortho nitro benzene ring substituents is 1. The van der Waals surface area contributed by atoms with Crippen molar-refractivity contribution in [3.63, 3.8) is 0 Å². The number of amides is 1. The van der Waals surface area contributed by atoms with Crippen LogP contribution < -0.4 is 5.32 Å². The molecule has 0 saturated heterocycles. The second-order valence-corrected chi connectivity index (χ2v) is 6.06. The molecule has 1 rings (SSSR count). The summed E-state index contributed by atoms with van der Waals surface area (Å²) in [5, 5.41) is 13.2. The van der Waals surface area contributed by atoms with E-state index in [1.165, 1.54) is 12.1 Å². The molecule has 0 aromatic heterocycles. The van der Waals surface area contributed by atoms with Crippen LogP contribution in [-0.4, -0.2) is 15.2 Å². The summed E-state index contributed by atoms with van der Waals surface area (Å²) in [5.74, 6) is -0.129. The smallest absolute Gasteiger partial charge is 0.269 e. The van der Waals surface area contributed by atoms with Crippen molar-refractivity contribution in [2.24, 2.45) is 0 Å². The predicted molar refractivity (Wildman–Crippen MR) is 67.9 cm³/mol. The van der Waals surface area contributed by atoms with Gasteiger partial charge in [0.25, 0.3) is 5.69 Å². The molecule has 1 N–H and O–H groups in total. The van der Waals surface area contributed by atoms with E-state index < -0.39 is 9.25 Å². The second-order valence-electron chi connectivity index (χ2n) is 4.08. The van der Waals surface area contributed by atoms with Gasteiger partial charge in [-0.2, -0.15) is 0 Å². The van der Waals surface area contributed by atoms with Gasteiger partial charge in [-0.15, -0.1) is 0 Å². The van der Waals surface area contributed by atoms with Gasteiger partial charge in [0, 0.05) is 18.7 Å². The minimum Gasteiger partial charge on any atom is -0.351 e. The molecular weight excluding hydrogens is 288 g/mol. The van der Waals surface area contributed by atoms with Gasteiger partial charge < -0.3 is 5.32 Å². The molecule has 0 atom stereocenters. The minimum absolute atomic E-state index is 0.0425. The van der Waals surface area contributed by atoms with Gasteiger partial charge in [-0.1, -0.05) is 28.1 Å². The standard InChI is InChI=1S/C11H13BrN2O3/c1-11(2,12)10(15)13-7-8-3-5-9(6-4-8)14(16)17/h3-6H,7H2,1-2H3,(H,13,15). The number of nitrogens with one attached hydrogen (secondary N) is 1. The largest absolute Gasteiger partial charge is 0.351 e. The quantitative estimate of drug-likeness (QED) is 0.527. The number of halogens is 1. The van der Waals surface area contributed by atoms with Crippen LogP contribution in [0.1, 0.15) is 19.4 Å². The number of rotatable bonds is 4. The highest BCUT2D eigenvalue weighted by molar-refractivity contribution is 9.10. The van der Waals surface area contributed by atoms with Crippen LogP contribution in [0.15, 0.2) is 24.3 Å². The zero-order valence-electron chi connectivity index (χ0n) is 9.57. The molecule has 0 heterocycles. The van der Waals surface area contributed by atoms with Crippen LogP contribution in [0.25, 0.3) is 0 Å². The number of hydrogen-bond donors (Lipinski definition) is 1. The van der Waals surface area contributed by atoms with Gasteiger partial charge in [0.1, 0.15) is 0 Å². The van der Waals surface area contributed by atoms with E-state index in [0.29, 0.717) is 6.54 Å². The first-order chi connectivity index (χ1) is 7.80. The van der Waals surface area contributed by atoms with E-state index in [9.17, 15) is 14.9 Å². The molecule has 1 aromatic rings. The van der Waals surface area contributed by atoms with E-state index in [0.717, 1.165) is 5.56 Å². The molecule has 1 aromatic carbocycles. The molecule has 92 valence electrons. The van der Waals surface area contributed by atoms with Crippen LogP contribution in [0.5, 0.6) is 0 Å². The molecule has 0 bridgehead atoms. The number of carbonyl (C=O) groups excluding carboxylic acids is 1. The van der Waals surface area contributed by atoms with Crippen LogP contribution in [0.3, 0.4) is 0 Å². The Morgan fingerprint density at radius 1 is 1.41 bits per heavy atom. The van der Waals surface area contributed by atoms with Crippen molar-refractivity contribution in [2.75, 3.05) is 0 Å². The highest BCUT2D eigenvalue weighted by Gasteiger charge is 2.22. The Bertz CT molecular complexity index is 423. The van der Waals surface area contributed by atoms with E-state index in [4.69, 9.17) is 0 Å². The fourth-order valence-electron chi connectivity index (χ4n) is 1.13. The average Bonchev–Trinajstić information content (AvgIpc) is 2.25. The zero-order valence-corrected chi connectivity index (χ0v) is 11.2. The summed E-state index contributed by atoms with van der Waals surface area (Å²) in [6.07, 6.45) is 0. The Labute approximate surface area is 107 Å². The van der Waals surface area contributed by atoms with E-state index in [2.05, 4.69) is 21.2 Å². The number of nitro benzene ring substituents is 1. The molecule has 0 radical (unpaired) electrons. The highest BCUT2D eigenvalue weighted by Crippen LogP contribution is 2.16. The molecule has 0 aliphatic carbocycles. The molecule has 5 nitrogen and oxygen atoms in total. The van der Waals surface area contributed by atoms with Gasteiger partial charge in [-0.25, -0.2) is 0 Å². The van der Waals surface area contributed by atoms with E-state index >= 15 is 0 Å². The van der Waals surface area contributed by atoms with E-state index in [-0.39, 0.29) is 11.6 Å². The van der Waals surface area contributed by atoms with Gasteiger partial charge in [0.2, 0.25) is 5.91 Å². The lowest BCUT2D eigenvalue weighted by atomic mass is 10.1. The molecular formula is C11H13BrN2O3. The maximum absolute atomic E-state index is 11.5. The normalized spacial score (nSPS) is 11.0. The molecule has 0 fully saturated rings. The highest BCUT2D eigenvalue weighted by atomic mass is 79.9. The lowest BCUT2D eigenvalue weighted by Gasteiger charge is -2.15. The van der Waals surface area contributed by atoms with Gasteiger partial charge >= 0.3 is 0 Å². The first kappa shape index (κ1) is 13.6. The number of carbonyl (C=O) groups is 1. The van der Waals surface area contributed by atoms with Crippen LogP contribution in [-0.2, 0) is 11.3 Å². The Morgan fingerprint density at radius 3 is 2.35 bits per heavy atom. The Balaban J connectivity index is 2.59. The monoisotopic (exact) mass is 300 g/mol. The first-order valence-electron chi connectivity index (χ1n) is 5.01. The van der Waals surface area contributed by atoms with Gasteiger partial charge in [0.15, 0.2) is 0 Å². The molecule has 1 amide bonds. The van der Waals surface area contributed by atoms with Crippen molar-refractivity contribution < 1.29 is 9.72 Å². The van der Waals surface area contributed by atoms with Gasteiger partial charge in [-0.3, -0.25) is 14.9 Å². The van der Waals surface area contributed by atoms with Crippen molar-refractivity contribution in [3.05, 3.63) is 39.9 Å². The molecule has 0 aliphatic rings. The number of nitrogens with zero attached hydrogens (tertiary/aromatic N) is 1. The third-order valence-electron chi connectivity index (χ3n) is 2.14. The summed E-state index contributed by atoms with van der Waals surface area (Å²) < 4.78 is -0.617. The topological polar surface area (TPSA) is 72.2 Å². The van der Waals surface area contributed by atoms with Crippen LogP contribution in [0, 0.1) is 10.1 Å². The molecule has 0 unspecified atom stereocenters. The van der Waals surface area contributed by atoms with Crippen molar-refractivity contribution in [2.45, 2.75) is 24.7 Å². The average molecular weight is 301 g/mol. The van der Waals surface area contributed by atoms with Crippen molar-refractivity contribution in [1.82, 2.24) is 5.32 Å². The van der Waals surface area contributed by atoms with Crippen LogP contribution >= 0.6 is 15.9 Å². The minimum atomic E-state index is -0.617. The van der Waals surface area contributed by atoms with Gasteiger partial charge in [0.05, 0.1) is 9.25 Å². The fraction of sp³-hybridized carbons (Fsp3) is 0.364. The van der Waals surface area contributed by atoms with Crippen molar-refractivity contribution in [3.8, 4) is 0 Å². The molecule has 6 heteroatoms. The number of benzene rings is 1. The summed E-state index contributed by atoms with van der Waals surface area (Å²) in [5.41, 5.74) is 0.863. The predicted octanol–water partition coefficient (Wildman–Crippen LogP) is 2.38. The summed E-state index contributed by atoms with van der Waals surface area (Å²) in [6, 6.07) is 6.08. The Kier molecular flexibility index (Phi) is 4.22. The Hall–Kier alpha value is -1.43. The summed E-state index contributed by atoms with van der Waals surface area (Å²) in [4.78, 5) is 21.5. The van der Waals surface area contributed by atoms with Crippen molar-refractivity contribution >= 4 is 27.5 Å². The zero-order chi connectivity index (χ0) is 13.1. The van der Waals surface area contributed by atoms with Gasteiger partial charge in [-0.05, 0) is 19.4 Å². The maximum Gasteiger partial charge on any atom is 0.269 e. The lowest BCUT2D eigenvalue weighted by molar-refractivity contribution is -0.384. The fourth-order valence-corrected chi connectivity index (χ4v) is 1.27. The molecule has 0 aliphatic heterocycles. The molecule has 0 saturated carbocycles. The summed E-state index contributed by atoms with van der Waals surface area (Å²) in [7, 11) is 0. The van der Waals surface area contributed by atoms with Crippen molar-refractivity contribution in [1.29, 1.82) is 0 Å². The number of hydrogen-bond acceptors (Lipinski definition) is 3. The van der Waals surface area contributed by atoms with E-state index in [1.54, 1.807) is 26.0 Å². The third-order valence-corrected chi connectivity index (χ3v) is 2.50. The second kappa shape index (κ2) is 5.27. The van der Waals surface area contributed by atoms with E-state index in [1.807, 2.05) is 0 Å². The molecule has 0 spiro atoms. The summed E-state index contributed by atoms with van der Waals surface area (Å²) >= 11 is 3.25. The summed E-state index contributed by atoms with van der Waals surface area (Å²) in [6.45, 7) is 3.85. The maximum atomic E-state index is 11.5. The Morgan fingerprint density at radius 2 is 1.94 bits per heavy atom. The third kappa shape index (κ3) is 4.14. The number of alkyl halides is 1. The van der Waals surface area contributed by atoms with Crippen LogP contribution in [0.4, 0.5) is 5.69 Å². The lowest BCUT2D eigenvalue weighted by Crippen LogP contribution is -2.36. The first-order valence-corrected chi connectivity index (χ1v) is 5.80. The molecule has 17 heavy (non-hydrogen) atoms. The van der Waals surface area contributed by atoms with Crippen LogP contribution in [0.2, 0.25) is 0 Å².